The summed E-state index contributed by atoms with van der Waals surface area (Å²) in [6.45, 7) is 4.01. The van der Waals surface area contributed by atoms with Gasteiger partial charge in [0.1, 0.15) is 0 Å². The number of nitrogens with two attached hydrogens (primary N) is 1. The minimum atomic E-state index is 0.506. The maximum Gasteiger partial charge on any atom is 0.209 e. The van der Waals surface area contributed by atoms with E-state index in [9.17, 15) is 0 Å². The third-order valence-electron chi connectivity index (χ3n) is 2.21. The second-order valence-corrected chi connectivity index (χ2v) is 4.52. The van der Waals surface area contributed by atoms with Gasteiger partial charge in [-0.3, -0.25) is 0 Å². The molecule has 2 N–H and O–H groups in total. The highest BCUT2D eigenvalue weighted by molar-refractivity contribution is 7.98. The van der Waals surface area contributed by atoms with Gasteiger partial charge in [0.05, 0.1) is 12.3 Å². The molecule has 2 rings (SSSR count). The maximum absolute atomic E-state index is 5.48. The highest BCUT2D eigenvalue weighted by Gasteiger charge is 2.10. The fourth-order valence-corrected chi connectivity index (χ4v) is 2.24. The molecule has 0 saturated heterocycles. The van der Waals surface area contributed by atoms with Crippen molar-refractivity contribution in [3.63, 3.8) is 0 Å². The molecule has 0 unspecified atom stereocenters. The molecule has 0 aliphatic carbocycles. The molecule has 10 heteroatoms. The second kappa shape index (κ2) is 6.40. The molecule has 2 aromatic rings. The number of nitrogens with zero attached hydrogens (tertiary/aromatic N) is 8. The Hall–Kier alpha value is -1.55. The molecule has 2 aromatic heterocycles. The van der Waals surface area contributed by atoms with Crippen molar-refractivity contribution >= 4 is 11.8 Å². The van der Waals surface area contributed by atoms with E-state index < -0.39 is 0 Å². The average Bonchev–Trinajstić information content (AvgIpc) is 2.97. The summed E-state index contributed by atoms with van der Waals surface area (Å²) in [4.78, 5) is 0. The molecule has 0 atom stereocenters. The number of hydrogen-bond acceptors (Lipinski definition) is 8. The Bertz CT molecular complexity index is 434. The van der Waals surface area contributed by atoms with E-state index in [0.717, 1.165) is 23.9 Å². The van der Waals surface area contributed by atoms with Crippen molar-refractivity contribution in [1.82, 2.24) is 40.4 Å². The first-order valence-electron chi connectivity index (χ1n) is 5.69. The van der Waals surface area contributed by atoms with Gasteiger partial charge < -0.3 is 5.73 Å². The van der Waals surface area contributed by atoms with Crippen molar-refractivity contribution < 1.29 is 0 Å². The van der Waals surface area contributed by atoms with E-state index in [1.54, 1.807) is 9.36 Å². The quantitative estimate of drug-likeness (QED) is 0.658. The number of tetrazole rings is 2. The Morgan fingerprint density at radius 1 is 1.11 bits per heavy atom. The molecule has 0 fully saturated rings. The molecule has 9 nitrogen and oxygen atoms in total. The third kappa shape index (κ3) is 3.01. The SMILES string of the molecule is CCCn1nnnc1CSc1nnnn1CCN. The van der Waals surface area contributed by atoms with Crippen LogP contribution in [0.5, 0.6) is 0 Å². The molecule has 0 saturated carbocycles. The van der Waals surface area contributed by atoms with Crippen LogP contribution in [0.25, 0.3) is 0 Å². The van der Waals surface area contributed by atoms with Crippen LogP contribution in [0, 0.1) is 0 Å². The summed E-state index contributed by atoms with van der Waals surface area (Å²) in [5.74, 6) is 1.46. The van der Waals surface area contributed by atoms with Crippen LogP contribution in [0.3, 0.4) is 0 Å². The number of aromatic nitrogens is 8. The third-order valence-corrected chi connectivity index (χ3v) is 3.16. The van der Waals surface area contributed by atoms with Gasteiger partial charge in [-0.25, -0.2) is 9.36 Å². The molecule has 0 aromatic carbocycles. The van der Waals surface area contributed by atoms with Gasteiger partial charge in [-0.05, 0) is 27.3 Å². The first kappa shape index (κ1) is 12.9. The van der Waals surface area contributed by atoms with E-state index in [2.05, 4.69) is 38.0 Å². The standard InChI is InChI=1S/C8H15N9S/c1-2-4-16-7(10-12-14-16)6-18-8-11-13-15-17(8)5-3-9/h2-6,9H2,1H3. The van der Waals surface area contributed by atoms with Crippen molar-refractivity contribution in [2.24, 2.45) is 5.73 Å². The van der Waals surface area contributed by atoms with Gasteiger partial charge in [0, 0.05) is 13.1 Å². The van der Waals surface area contributed by atoms with Crippen molar-refractivity contribution in [2.45, 2.75) is 37.3 Å². The summed E-state index contributed by atoms with van der Waals surface area (Å²) in [5, 5.41) is 23.7. The Morgan fingerprint density at radius 3 is 2.67 bits per heavy atom. The molecule has 0 bridgehead atoms. The Balaban J connectivity index is 1.98. The summed E-state index contributed by atoms with van der Waals surface area (Å²) in [5.41, 5.74) is 5.48. The van der Waals surface area contributed by atoms with Crippen LogP contribution in [0.4, 0.5) is 0 Å². The van der Waals surface area contributed by atoms with Gasteiger partial charge >= 0.3 is 0 Å². The molecular weight excluding hydrogens is 254 g/mol. The van der Waals surface area contributed by atoms with E-state index in [0.29, 0.717) is 18.8 Å². The topological polar surface area (TPSA) is 113 Å². The van der Waals surface area contributed by atoms with E-state index in [-0.39, 0.29) is 0 Å². The van der Waals surface area contributed by atoms with Gasteiger partial charge in [-0.2, -0.15) is 0 Å². The van der Waals surface area contributed by atoms with Crippen LogP contribution < -0.4 is 5.73 Å². The molecule has 0 spiro atoms. The summed E-state index contributed by atoms with van der Waals surface area (Å²) >= 11 is 1.50. The molecule has 0 radical (unpaired) electrons. The first-order valence-corrected chi connectivity index (χ1v) is 6.67. The van der Waals surface area contributed by atoms with Crippen LogP contribution in [-0.2, 0) is 18.8 Å². The number of rotatable bonds is 7. The van der Waals surface area contributed by atoms with Crippen molar-refractivity contribution in [3.05, 3.63) is 5.82 Å². The minimum absolute atomic E-state index is 0.506. The fourth-order valence-electron chi connectivity index (χ4n) is 1.40. The highest BCUT2D eigenvalue weighted by atomic mass is 32.2. The molecule has 0 amide bonds. The summed E-state index contributed by atoms with van der Waals surface area (Å²) in [6.07, 6.45) is 0.994. The van der Waals surface area contributed by atoms with Gasteiger partial charge in [0.25, 0.3) is 0 Å². The van der Waals surface area contributed by atoms with E-state index in [1.807, 2.05) is 0 Å². The lowest BCUT2D eigenvalue weighted by molar-refractivity contribution is 0.554. The van der Waals surface area contributed by atoms with Gasteiger partial charge in [0.2, 0.25) is 5.16 Å². The van der Waals surface area contributed by atoms with E-state index >= 15 is 0 Å². The zero-order valence-corrected chi connectivity index (χ0v) is 10.9. The lowest BCUT2D eigenvalue weighted by Crippen LogP contribution is -2.12. The number of aryl methyl sites for hydroxylation is 1. The van der Waals surface area contributed by atoms with Crippen molar-refractivity contribution in [1.29, 1.82) is 0 Å². The van der Waals surface area contributed by atoms with Crippen LogP contribution in [0.15, 0.2) is 5.16 Å². The summed E-state index contributed by atoms with van der Waals surface area (Å²) in [7, 11) is 0. The second-order valence-electron chi connectivity index (χ2n) is 3.58. The molecular formula is C8H15N9S. The zero-order valence-electron chi connectivity index (χ0n) is 10.1. The predicted molar refractivity (Wildman–Crippen MR) is 64.5 cm³/mol. The Morgan fingerprint density at radius 2 is 1.89 bits per heavy atom. The summed E-state index contributed by atoms with van der Waals surface area (Å²) in [6, 6.07) is 0. The minimum Gasteiger partial charge on any atom is -0.329 e. The number of hydrogen-bond donors (Lipinski definition) is 1. The molecule has 0 aliphatic rings. The lowest BCUT2D eigenvalue weighted by atomic mass is 10.5. The molecule has 18 heavy (non-hydrogen) atoms. The largest absolute Gasteiger partial charge is 0.329 e. The smallest absolute Gasteiger partial charge is 0.209 e. The van der Waals surface area contributed by atoms with Crippen LogP contribution >= 0.6 is 11.8 Å². The van der Waals surface area contributed by atoms with E-state index in [1.165, 1.54) is 11.8 Å². The lowest BCUT2D eigenvalue weighted by Gasteiger charge is -2.03. The van der Waals surface area contributed by atoms with Gasteiger partial charge in [-0.15, -0.1) is 10.2 Å². The van der Waals surface area contributed by atoms with Crippen LogP contribution in [0.1, 0.15) is 19.2 Å². The van der Waals surface area contributed by atoms with Crippen LogP contribution in [0.2, 0.25) is 0 Å². The zero-order chi connectivity index (χ0) is 12.8. The highest BCUT2D eigenvalue weighted by Crippen LogP contribution is 2.18. The maximum atomic E-state index is 5.48. The van der Waals surface area contributed by atoms with Crippen LogP contribution in [-0.4, -0.2) is 47.0 Å². The molecule has 2 heterocycles. The van der Waals surface area contributed by atoms with Gasteiger partial charge in [0.15, 0.2) is 5.82 Å². The van der Waals surface area contributed by atoms with Crippen molar-refractivity contribution in [2.75, 3.05) is 6.54 Å². The Labute approximate surface area is 108 Å². The summed E-state index contributed by atoms with van der Waals surface area (Å²) < 4.78 is 3.47. The monoisotopic (exact) mass is 269 g/mol. The average molecular weight is 269 g/mol. The first-order chi connectivity index (χ1) is 8.85. The number of thioether (sulfide) groups is 1. The van der Waals surface area contributed by atoms with Gasteiger partial charge in [-0.1, -0.05) is 18.7 Å². The Kier molecular flexibility index (Phi) is 4.59. The fraction of sp³-hybridized carbons (Fsp3) is 0.750. The predicted octanol–water partition coefficient (Wildman–Crippen LogP) is -0.679. The normalized spacial score (nSPS) is 11.0. The molecule has 98 valence electrons. The van der Waals surface area contributed by atoms with E-state index in [4.69, 9.17) is 5.73 Å². The molecule has 0 aliphatic heterocycles. The van der Waals surface area contributed by atoms with Crippen molar-refractivity contribution in [3.8, 4) is 0 Å².